The summed E-state index contributed by atoms with van der Waals surface area (Å²) < 4.78 is 0. The quantitative estimate of drug-likeness (QED) is 0.578. The van der Waals surface area contributed by atoms with E-state index in [-0.39, 0.29) is 12.3 Å². The number of phenols is 1. The van der Waals surface area contributed by atoms with E-state index in [4.69, 9.17) is 11.6 Å². The lowest BCUT2D eigenvalue weighted by molar-refractivity contribution is -0.106. The Morgan fingerprint density at radius 3 is 2.92 bits per heavy atom. The molecule has 4 heteroatoms. The van der Waals surface area contributed by atoms with E-state index < -0.39 is 0 Å². The molecule has 0 radical (unpaired) electrons. The third kappa shape index (κ3) is 2.36. The molecule has 0 amide bonds. The van der Waals surface area contributed by atoms with Gasteiger partial charge in [-0.3, -0.25) is 0 Å². The second-order valence-electron chi connectivity index (χ2n) is 2.67. The molecule has 0 spiro atoms. The van der Waals surface area contributed by atoms with Crippen molar-refractivity contribution in [1.29, 1.82) is 0 Å². The van der Waals surface area contributed by atoms with Crippen LogP contribution in [-0.2, 0) is 4.79 Å². The zero-order chi connectivity index (χ0) is 9.84. The van der Waals surface area contributed by atoms with Crippen LogP contribution < -0.4 is 5.32 Å². The first-order valence-corrected chi connectivity index (χ1v) is 4.19. The minimum Gasteiger partial charge on any atom is -0.506 e. The molecule has 0 bridgehead atoms. The first-order chi connectivity index (χ1) is 6.15. The average molecular weight is 200 g/mol. The molecule has 0 atom stereocenters. The Bertz CT molecular complexity index is 326. The van der Waals surface area contributed by atoms with Gasteiger partial charge >= 0.3 is 0 Å². The van der Waals surface area contributed by atoms with E-state index in [1.807, 2.05) is 6.92 Å². The predicted molar refractivity (Wildman–Crippen MR) is 52.4 cm³/mol. The van der Waals surface area contributed by atoms with Crippen LogP contribution in [-0.4, -0.2) is 17.9 Å². The molecule has 0 aliphatic carbocycles. The topological polar surface area (TPSA) is 49.3 Å². The number of carbonyl (C=O) groups is 1. The van der Waals surface area contributed by atoms with Crippen molar-refractivity contribution in [2.45, 2.75) is 6.92 Å². The number of hydrogen-bond donors (Lipinski definition) is 2. The van der Waals surface area contributed by atoms with E-state index >= 15 is 0 Å². The molecule has 0 saturated heterocycles. The van der Waals surface area contributed by atoms with Crippen molar-refractivity contribution in [1.82, 2.24) is 0 Å². The Labute approximate surface area is 81.3 Å². The number of benzene rings is 1. The van der Waals surface area contributed by atoms with Crippen molar-refractivity contribution in [3.8, 4) is 5.75 Å². The van der Waals surface area contributed by atoms with Gasteiger partial charge in [-0.25, -0.2) is 0 Å². The fraction of sp³-hybridized carbons (Fsp3) is 0.222. The lowest BCUT2D eigenvalue weighted by Crippen LogP contribution is -2.02. The minimum atomic E-state index is 0.0532. The number of hydrogen-bond acceptors (Lipinski definition) is 3. The fourth-order valence-corrected chi connectivity index (χ4v) is 1.12. The fourth-order valence-electron chi connectivity index (χ4n) is 0.964. The second kappa shape index (κ2) is 4.14. The Kier molecular flexibility index (Phi) is 3.14. The largest absolute Gasteiger partial charge is 0.506 e. The number of phenolic OH excluding ortho intramolecular Hbond substituents is 1. The number of carbonyl (C=O) groups excluding carboxylic acids is 1. The van der Waals surface area contributed by atoms with Gasteiger partial charge in [0.1, 0.15) is 12.0 Å². The molecule has 0 saturated carbocycles. The van der Waals surface area contributed by atoms with Crippen LogP contribution in [0.4, 0.5) is 5.69 Å². The van der Waals surface area contributed by atoms with Gasteiger partial charge in [0.2, 0.25) is 0 Å². The van der Waals surface area contributed by atoms with E-state index in [9.17, 15) is 9.90 Å². The summed E-state index contributed by atoms with van der Waals surface area (Å²) >= 11 is 5.76. The molecule has 0 unspecified atom stereocenters. The van der Waals surface area contributed by atoms with E-state index in [0.717, 1.165) is 11.8 Å². The zero-order valence-corrected chi connectivity index (χ0v) is 7.93. The molecular weight excluding hydrogens is 190 g/mol. The van der Waals surface area contributed by atoms with Crippen LogP contribution in [0.15, 0.2) is 12.1 Å². The molecule has 0 fully saturated rings. The van der Waals surface area contributed by atoms with Crippen molar-refractivity contribution in [2.24, 2.45) is 0 Å². The lowest BCUT2D eigenvalue weighted by Gasteiger charge is -2.07. The Morgan fingerprint density at radius 1 is 1.62 bits per heavy atom. The van der Waals surface area contributed by atoms with Gasteiger partial charge < -0.3 is 15.2 Å². The van der Waals surface area contributed by atoms with Gasteiger partial charge in [-0.2, -0.15) is 0 Å². The highest BCUT2D eigenvalue weighted by atomic mass is 35.5. The maximum atomic E-state index is 10.1. The monoisotopic (exact) mass is 199 g/mol. The summed E-state index contributed by atoms with van der Waals surface area (Å²) in [7, 11) is 0. The Morgan fingerprint density at radius 2 is 2.31 bits per heavy atom. The highest BCUT2D eigenvalue weighted by molar-refractivity contribution is 6.31. The molecule has 2 N–H and O–H groups in total. The molecule has 0 aliphatic rings. The van der Waals surface area contributed by atoms with Crippen LogP contribution in [0.3, 0.4) is 0 Å². The van der Waals surface area contributed by atoms with Gasteiger partial charge in [0.05, 0.1) is 12.2 Å². The summed E-state index contributed by atoms with van der Waals surface area (Å²) in [4.78, 5) is 10.1. The van der Waals surface area contributed by atoms with Gasteiger partial charge in [0.15, 0.2) is 0 Å². The molecule has 1 rings (SSSR count). The van der Waals surface area contributed by atoms with Crippen LogP contribution in [0.1, 0.15) is 5.56 Å². The molecule has 70 valence electrons. The minimum absolute atomic E-state index is 0.0532. The van der Waals surface area contributed by atoms with Gasteiger partial charge in [0.25, 0.3) is 0 Å². The van der Waals surface area contributed by atoms with Crippen LogP contribution in [0, 0.1) is 6.92 Å². The van der Waals surface area contributed by atoms with Gasteiger partial charge in [-0.1, -0.05) is 11.6 Å². The first-order valence-electron chi connectivity index (χ1n) is 3.81. The summed E-state index contributed by atoms with van der Waals surface area (Å²) in [6.45, 7) is 2.00. The van der Waals surface area contributed by atoms with E-state index in [1.165, 1.54) is 6.07 Å². The molecule has 0 heterocycles. The maximum Gasteiger partial charge on any atom is 0.140 e. The number of halogens is 1. The van der Waals surface area contributed by atoms with Gasteiger partial charge in [-0.05, 0) is 18.6 Å². The highest BCUT2D eigenvalue weighted by Crippen LogP contribution is 2.29. The number of rotatable bonds is 3. The number of aryl methyl sites for hydroxylation is 1. The molecular formula is C9H10ClNO2. The number of aldehydes is 1. The molecule has 0 aromatic heterocycles. The lowest BCUT2D eigenvalue weighted by atomic mass is 10.2. The summed E-state index contributed by atoms with van der Waals surface area (Å²) in [6, 6.07) is 3.14. The molecule has 1 aromatic carbocycles. The summed E-state index contributed by atoms with van der Waals surface area (Å²) in [6.07, 6.45) is 0.726. The van der Waals surface area contributed by atoms with Crippen LogP contribution in [0.5, 0.6) is 5.75 Å². The van der Waals surface area contributed by atoms with E-state index in [1.54, 1.807) is 6.07 Å². The zero-order valence-electron chi connectivity index (χ0n) is 7.17. The summed E-state index contributed by atoms with van der Waals surface area (Å²) in [5.74, 6) is 0.0532. The third-order valence-corrected chi connectivity index (χ3v) is 2.06. The number of nitrogens with one attached hydrogen (secondary N) is 1. The van der Waals surface area contributed by atoms with Crippen molar-refractivity contribution in [2.75, 3.05) is 11.9 Å². The average Bonchev–Trinajstić information content (AvgIpc) is 2.09. The van der Waals surface area contributed by atoms with Crippen LogP contribution in [0.25, 0.3) is 0 Å². The van der Waals surface area contributed by atoms with E-state index in [0.29, 0.717) is 10.7 Å². The first kappa shape index (κ1) is 9.86. The molecule has 3 nitrogen and oxygen atoms in total. The maximum absolute atomic E-state index is 10.1. The van der Waals surface area contributed by atoms with Gasteiger partial charge in [-0.15, -0.1) is 0 Å². The number of anilines is 1. The SMILES string of the molecule is Cc1cc(NCC=O)c(O)cc1Cl. The molecule has 13 heavy (non-hydrogen) atoms. The smallest absolute Gasteiger partial charge is 0.140 e. The van der Waals surface area contributed by atoms with Gasteiger partial charge in [0, 0.05) is 11.1 Å². The standard InChI is InChI=1S/C9H10ClNO2/c1-6-4-8(11-2-3-12)9(13)5-7(6)10/h3-5,11,13H,2H2,1H3. The number of aromatic hydroxyl groups is 1. The Hall–Kier alpha value is -1.22. The van der Waals surface area contributed by atoms with Crippen molar-refractivity contribution >= 4 is 23.6 Å². The van der Waals surface area contributed by atoms with Crippen LogP contribution >= 0.6 is 11.6 Å². The summed E-state index contributed by atoms with van der Waals surface area (Å²) in [5.41, 5.74) is 1.38. The predicted octanol–water partition coefficient (Wildman–Crippen LogP) is 1.96. The van der Waals surface area contributed by atoms with Crippen molar-refractivity contribution in [3.05, 3.63) is 22.7 Å². The van der Waals surface area contributed by atoms with Crippen molar-refractivity contribution < 1.29 is 9.90 Å². The van der Waals surface area contributed by atoms with Crippen LogP contribution in [0.2, 0.25) is 5.02 Å². The highest BCUT2D eigenvalue weighted by Gasteiger charge is 2.03. The normalized spacial score (nSPS) is 9.69. The molecule has 0 aliphatic heterocycles. The second-order valence-corrected chi connectivity index (χ2v) is 3.07. The molecule has 1 aromatic rings. The summed E-state index contributed by atoms with van der Waals surface area (Å²) in [5, 5.41) is 12.6. The van der Waals surface area contributed by atoms with Crippen molar-refractivity contribution in [3.63, 3.8) is 0 Å². The third-order valence-electron chi connectivity index (χ3n) is 1.65. The van der Waals surface area contributed by atoms with E-state index in [2.05, 4.69) is 5.32 Å². The Balaban J connectivity index is 2.94.